The normalized spacial score (nSPS) is 40.9. The molecule has 1 saturated heterocycles. The number of nitrogens with zero attached hydrogens (tertiary/aromatic N) is 3. The first-order chi connectivity index (χ1) is 10.2. The van der Waals surface area contributed by atoms with Crippen molar-refractivity contribution < 1.29 is 9.84 Å². The van der Waals surface area contributed by atoms with Crippen LogP contribution in [0, 0.1) is 0 Å². The summed E-state index contributed by atoms with van der Waals surface area (Å²) in [7, 11) is 0. The molecule has 0 aromatic carbocycles. The van der Waals surface area contributed by atoms with Crippen molar-refractivity contribution in [1.82, 2.24) is 4.90 Å². The van der Waals surface area contributed by atoms with Crippen molar-refractivity contribution in [2.24, 2.45) is 9.98 Å². The number of aliphatic hydroxyl groups is 1. The number of rotatable bonds is 2. The molecule has 4 heterocycles. The van der Waals surface area contributed by atoms with Crippen LogP contribution in [0.15, 0.2) is 33.7 Å². The zero-order valence-electron chi connectivity index (χ0n) is 12.0. The van der Waals surface area contributed by atoms with Gasteiger partial charge >= 0.3 is 0 Å². The first-order valence-electron chi connectivity index (χ1n) is 7.41. The molecule has 0 saturated carbocycles. The lowest BCUT2D eigenvalue weighted by atomic mass is 9.96. The van der Waals surface area contributed by atoms with Crippen LogP contribution >= 0.6 is 11.8 Å². The van der Waals surface area contributed by atoms with E-state index in [0.717, 1.165) is 24.4 Å². The Morgan fingerprint density at radius 3 is 3.19 bits per heavy atom. The molecule has 6 heteroatoms. The molecule has 0 aliphatic carbocycles. The van der Waals surface area contributed by atoms with Crippen LogP contribution in [0.4, 0.5) is 0 Å². The Labute approximate surface area is 128 Å². The highest BCUT2D eigenvalue weighted by Crippen LogP contribution is 2.47. The standard InChI is InChI=1S/C15H19N3O2S/c1-10-17-15-13(5-7-21-15)16-6-4-14(15)18(10)11-2-3-12(8-19)20-9-11/h4-7,11-12,14,19H,2-3,8-9H2,1H3/t11-,12+,14?,15?/m0/s1. The van der Waals surface area contributed by atoms with E-state index in [1.807, 2.05) is 6.20 Å². The van der Waals surface area contributed by atoms with Crippen molar-refractivity contribution in [3.63, 3.8) is 0 Å². The van der Waals surface area contributed by atoms with Gasteiger partial charge in [-0.1, -0.05) is 11.8 Å². The molecule has 4 aliphatic heterocycles. The molecule has 1 spiro atoms. The minimum absolute atomic E-state index is 0.00315. The Kier molecular flexibility index (Phi) is 3.20. The zero-order chi connectivity index (χ0) is 14.4. The first-order valence-corrected chi connectivity index (χ1v) is 8.29. The van der Waals surface area contributed by atoms with Crippen molar-refractivity contribution >= 4 is 23.3 Å². The maximum absolute atomic E-state index is 9.20. The molecule has 0 aromatic rings. The average Bonchev–Trinajstić information content (AvgIpc) is 3.04. The maximum atomic E-state index is 9.20. The second kappa shape index (κ2) is 4.97. The van der Waals surface area contributed by atoms with Gasteiger partial charge in [0, 0.05) is 6.20 Å². The molecule has 5 nitrogen and oxygen atoms in total. The maximum Gasteiger partial charge on any atom is 0.177 e. The van der Waals surface area contributed by atoms with Crippen molar-refractivity contribution in [1.29, 1.82) is 0 Å². The van der Waals surface area contributed by atoms with Crippen molar-refractivity contribution in [3.05, 3.63) is 23.8 Å². The monoisotopic (exact) mass is 305 g/mol. The second-order valence-electron chi connectivity index (χ2n) is 5.85. The number of hydrogen-bond donors (Lipinski definition) is 1. The van der Waals surface area contributed by atoms with E-state index in [2.05, 4.69) is 34.4 Å². The third kappa shape index (κ3) is 1.93. The van der Waals surface area contributed by atoms with Crippen molar-refractivity contribution in [3.8, 4) is 0 Å². The summed E-state index contributed by atoms with van der Waals surface area (Å²) in [5.74, 6) is 1.06. The highest BCUT2D eigenvalue weighted by atomic mass is 32.2. The van der Waals surface area contributed by atoms with Gasteiger partial charge in [0.15, 0.2) is 4.87 Å². The fourth-order valence-electron chi connectivity index (χ4n) is 3.65. The molecule has 2 unspecified atom stereocenters. The number of amidine groups is 1. The summed E-state index contributed by atoms with van der Waals surface area (Å²) < 4.78 is 5.77. The highest BCUT2D eigenvalue weighted by molar-refractivity contribution is 8.04. The fourth-order valence-corrected chi connectivity index (χ4v) is 4.81. The molecule has 0 bridgehead atoms. The molecule has 1 N–H and O–H groups in total. The Bertz CT molecular complexity index is 563. The summed E-state index contributed by atoms with van der Waals surface area (Å²) in [4.78, 5) is 11.6. The lowest BCUT2D eigenvalue weighted by molar-refractivity contribution is -0.0485. The van der Waals surface area contributed by atoms with Gasteiger partial charge in [-0.15, -0.1) is 0 Å². The van der Waals surface area contributed by atoms with Gasteiger partial charge in [-0.25, -0.2) is 4.99 Å². The van der Waals surface area contributed by atoms with Gasteiger partial charge in [0.25, 0.3) is 0 Å². The second-order valence-corrected chi connectivity index (χ2v) is 6.98. The molecule has 112 valence electrons. The van der Waals surface area contributed by atoms with Gasteiger partial charge < -0.3 is 14.7 Å². The van der Waals surface area contributed by atoms with E-state index in [1.54, 1.807) is 11.8 Å². The van der Waals surface area contributed by atoms with Crippen molar-refractivity contribution in [2.45, 2.75) is 42.8 Å². The summed E-state index contributed by atoms with van der Waals surface area (Å²) in [6.45, 7) is 2.85. The van der Waals surface area contributed by atoms with E-state index in [4.69, 9.17) is 9.73 Å². The molecular formula is C15H19N3O2S. The summed E-state index contributed by atoms with van der Waals surface area (Å²) in [5.41, 5.74) is 1.05. The number of aliphatic imine (C=N–C) groups is 2. The lowest BCUT2D eigenvalue weighted by Crippen LogP contribution is -2.54. The van der Waals surface area contributed by atoms with Gasteiger partial charge in [0.05, 0.1) is 42.9 Å². The summed E-state index contributed by atoms with van der Waals surface area (Å²) in [5, 5.41) is 11.3. The van der Waals surface area contributed by atoms with Crippen LogP contribution in [0.25, 0.3) is 0 Å². The van der Waals surface area contributed by atoms with E-state index in [9.17, 15) is 5.11 Å². The van der Waals surface area contributed by atoms with E-state index >= 15 is 0 Å². The highest BCUT2D eigenvalue weighted by Gasteiger charge is 2.54. The average molecular weight is 305 g/mol. The minimum Gasteiger partial charge on any atom is -0.394 e. The number of aliphatic hydroxyl groups excluding tert-OH is 1. The van der Waals surface area contributed by atoms with Crippen LogP contribution in [-0.4, -0.2) is 57.8 Å². The Morgan fingerprint density at radius 2 is 2.43 bits per heavy atom. The number of ether oxygens (including phenoxy) is 1. The van der Waals surface area contributed by atoms with Crippen LogP contribution in [0.5, 0.6) is 0 Å². The summed E-state index contributed by atoms with van der Waals surface area (Å²) in [6, 6.07) is 0.537. The fraction of sp³-hybridized carbons (Fsp3) is 0.600. The van der Waals surface area contributed by atoms with E-state index in [1.165, 1.54) is 0 Å². The van der Waals surface area contributed by atoms with Gasteiger partial charge in [-0.3, -0.25) is 4.99 Å². The molecule has 21 heavy (non-hydrogen) atoms. The molecule has 4 atom stereocenters. The zero-order valence-corrected chi connectivity index (χ0v) is 12.8. The SMILES string of the molecule is CC1=NC23SC=CC2=NC=CC3N1[C@H]1CC[C@H](CO)OC1. The van der Waals surface area contributed by atoms with Gasteiger partial charge in [-0.2, -0.15) is 0 Å². The van der Waals surface area contributed by atoms with Crippen LogP contribution in [-0.2, 0) is 4.74 Å². The quantitative estimate of drug-likeness (QED) is 0.841. The molecule has 4 aliphatic rings. The molecule has 4 rings (SSSR count). The van der Waals surface area contributed by atoms with Gasteiger partial charge in [0.2, 0.25) is 0 Å². The Morgan fingerprint density at radius 1 is 1.52 bits per heavy atom. The smallest absolute Gasteiger partial charge is 0.177 e. The number of hydrogen-bond acceptors (Lipinski definition) is 6. The topological polar surface area (TPSA) is 57.4 Å². The van der Waals surface area contributed by atoms with Crippen molar-refractivity contribution in [2.75, 3.05) is 13.2 Å². The van der Waals surface area contributed by atoms with Crippen LogP contribution in [0.1, 0.15) is 19.8 Å². The molecular weight excluding hydrogens is 286 g/mol. The minimum atomic E-state index is -0.285. The van der Waals surface area contributed by atoms with E-state index in [0.29, 0.717) is 12.6 Å². The third-order valence-electron chi connectivity index (χ3n) is 4.67. The Hall–Kier alpha value is -1.11. The van der Waals surface area contributed by atoms with Crippen LogP contribution in [0.2, 0.25) is 0 Å². The third-order valence-corrected chi connectivity index (χ3v) is 5.84. The molecule has 0 radical (unpaired) electrons. The van der Waals surface area contributed by atoms with Crippen LogP contribution in [0.3, 0.4) is 0 Å². The largest absolute Gasteiger partial charge is 0.394 e. The van der Waals surface area contributed by atoms with E-state index < -0.39 is 0 Å². The predicted molar refractivity (Wildman–Crippen MR) is 84.6 cm³/mol. The molecule has 0 aromatic heterocycles. The van der Waals surface area contributed by atoms with Gasteiger partial charge in [-0.05, 0) is 37.3 Å². The first kappa shape index (κ1) is 13.5. The number of thioether (sulfide) groups is 1. The summed E-state index contributed by atoms with van der Waals surface area (Å²) >= 11 is 1.75. The van der Waals surface area contributed by atoms with E-state index in [-0.39, 0.29) is 23.6 Å². The van der Waals surface area contributed by atoms with Crippen LogP contribution < -0.4 is 0 Å². The molecule has 0 amide bonds. The van der Waals surface area contributed by atoms with Gasteiger partial charge in [0.1, 0.15) is 0 Å². The summed E-state index contributed by atoms with van der Waals surface area (Å²) in [6.07, 6.45) is 8.05. The molecule has 1 fully saturated rings. The predicted octanol–water partition coefficient (Wildman–Crippen LogP) is 1.55. The Balaban J connectivity index is 1.60. The lowest BCUT2D eigenvalue weighted by Gasteiger charge is -2.41.